The Kier molecular flexibility index (Phi) is 5.64. The van der Waals surface area contributed by atoms with Crippen LogP contribution in [0.1, 0.15) is 61.9 Å². The topological polar surface area (TPSA) is 35.1 Å². The number of quaternary nitrogens is 1. The third kappa shape index (κ3) is 3.82. The van der Waals surface area contributed by atoms with E-state index >= 15 is 0 Å². The Morgan fingerprint density at radius 1 is 1.00 bits per heavy atom. The van der Waals surface area contributed by atoms with E-state index in [0.717, 1.165) is 24.5 Å². The molecule has 3 nitrogen and oxygen atoms in total. The van der Waals surface area contributed by atoms with Gasteiger partial charge >= 0.3 is 0 Å². The highest BCUT2D eigenvalue weighted by molar-refractivity contribution is 5.50. The number of hydrogen-bond donors (Lipinski definition) is 1. The molecule has 0 unspecified atom stereocenters. The van der Waals surface area contributed by atoms with Crippen molar-refractivity contribution in [2.24, 2.45) is 0 Å². The Balaban J connectivity index is 1.98. The van der Waals surface area contributed by atoms with E-state index in [9.17, 15) is 0 Å². The molecule has 0 amide bonds. The van der Waals surface area contributed by atoms with Crippen molar-refractivity contribution >= 4 is 0 Å². The zero-order chi connectivity index (χ0) is 17.8. The molecule has 2 aromatic rings. The van der Waals surface area contributed by atoms with E-state index in [2.05, 4.69) is 55.6 Å². The lowest BCUT2D eigenvalue weighted by molar-refractivity contribution is -0.690. The van der Waals surface area contributed by atoms with E-state index in [0.29, 0.717) is 25.2 Å². The second kappa shape index (κ2) is 7.92. The summed E-state index contributed by atoms with van der Waals surface area (Å²) in [6.45, 7) is 10.9. The molecule has 3 rings (SSSR count). The highest BCUT2D eigenvalue weighted by atomic mass is 16.5. The Labute approximate surface area is 151 Å². The summed E-state index contributed by atoms with van der Waals surface area (Å²) in [7, 11) is 0. The van der Waals surface area contributed by atoms with Crippen molar-refractivity contribution in [1.82, 2.24) is 0 Å². The molecule has 1 aliphatic heterocycles. The molecule has 3 heteroatoms. The Morgan fingerprint density at radius 2 is 1.64 bits per heavy atom. The molecule has 0 aromatic heterocycles. The fourth-order valence-electron chi connectivity index (χ4n) is 3.60. The summed E-state index contributed by atoms with van der Waals surface area (Å²) in [5, 5.41) is 2.43. The molecule has 2 N–H and O–H groups in total. The number of hydrogen-bond acceptors (Lipinski definition) is 2. The van der Waals surface area contributed by atoms with Crippen LogP contribution in [0.3, 0.4) is 0 Å². The van der Waals surface area contributed by atoms with Crippen molar-refractivity contribution in [1.29, 1.82) is 0 Å². The van der Waals surface area contributed by atoms with Crippen LogP contribution in [-0.4, -0.2) is 19.8 Å². The van der Waals surface area contributed by atoms with Crippen molar-refractivity contribution in [3.63, 3.8) is 0 Å². The number of fused-ring (bicyclic) bond motifs is 1. The fraction of sp³-hybridized carbons (Fsp3) is 0.455. The summed E-state index contributed by atoms with van der Waals surface area (Å²) in [5.74, 6) is 2.30. The molecule has 25 heavy (non-hydrogen) atoms. The summed E-state index contributed by atoms with van der Waals surface area (Å²) in [4.78, 5) is 0. The minimum atomic E-state index is 0.333. The molecule has 2 aromatic carbocycles. The van der Waals surface area contributed by atoms with E-state index in [1.54, 1.807) is 0 Å². The van der Waals surface area contributed by atoms with Crippen molar-refractivity contribution < 1.29 is 14.8 Å². The van der Waals surface area contributed by atoms with Gasteiger partial charge < -0.3 is 14.8 Å². The van der Waals surface area contributed by atoms with Crippen molar-refractivity contribution in [2.75, 3.05) is 19.8 Å². The van der Waals surface area contributed by atoms with Gasteiger partial charge in [-0.2, -0.15) is 0 Å². The van der Waals surface area contributed by atoms with Crippen LogP contribution in [0, 0.1) is 0 Å². The van der Waals surface area contributed by atoms with E-state index < -0.39 is 0 Å². The number of ether oxygens (including phenoxy) is 2. The minimum absolute atomic E-state index is 0.333. The lowest BCUT2D eigenvalue weighted by Gasteiger charge is -2.26. The maximum atomic E-state index is 5.85. The first kappa shape index (κ1) is 17.8. The molecule has 0 saturated carbocycles. The third-order valence-corrected chi connectivity index (χ3v) is 4.92. The third-order valence-electron chi connectivity index (χ3n) is 4.92. The fourth-order valence-corrected chi connectivity index (χ4v) is 3.60. The normalized spacial score (nSPS) is 16.6. The van der Waals surface area contributed by atoms with Gasteiger partial charge in [0.2, 0.25) is 0 Å². The first-order valence-electron chi connectivity index (χ1n) is 9.49. The smallest absolute Gasteiger partial charge is 0.161 e. The van der Waals surface area contributed by atoms with Gasteiger partial charge in [0.25, 0.3) is 0 Å². The molecule has 0 fully saturated rings. The minimum Gasteiger partial charge on any atom is -0.490 e. The van der Waals surface area contributed by atoms with Crippen molar-refractivity contribution in [2.45, 2.75) is 46.1 Å². The van der Waals surface area contributed by atoms with E-state index in [-0.39, 0.29) is 0 Å². The second-order valence-corrected chi connectivity index (χ2v) is 6.94. The van der Waals surface area contributed by atoms with Gasteiger partial charge in [-0.3, -0.25) is 0 Å². The summed E-state index contributed by atoms with van der Waals surface area (Å²) in [5.41, 5.74) is 5.49. The van der Waals surface area contributed by atoms with Crippen LogP contribution in [0.15, 0.2) is 36.4 Å². The second-order valence-electron chi connectivity index (χ2n) is 6.94. The first-order valence-corrected chi connectivity index (χ1v) is 9.49. The van der Waals surface area contributed by atoms with Crippen LogP contribution in [-0.2, 0) is 6.42 Å². The Hall–Kier alpha value is -2.00. The lowest BCUT2D eigenvalue weighted by atomic mass is 9.88. The highest BCUT2D eigenvalue weighted by Crippen LogP contribution is 2.36. The van der Waals surface area contributed by atoms with Crippen LogP contribution in [0.5, 0.6) is 11.5 Å². The first-order chi connectivity index (χ1) is 12.1. The van der Waals surface area contributed by atoms with Crippen LogP contribution < -0.4 is 14.8 Å². The standard InChI is InChI=1S/C22H29NO2/c1-5-24-20-13-18-11-12-23-22(19(18)14-21(20)25-6-2)17-9-7-16(8-10-17)15(3)4/h7-10,13-15,22-23H,5-6,11-12H2,1-4H3/p+1/t22-/m1/s1. The van der Waals surface area contributed by atoms with Gasteiger partial charge in [0.05, 0.1) is 19.8 Å². The SMILES string of the molecule is CCOc1cc2c(cc1OCC)[C@@H](c1ccc(C(C)C)cc1)[NH2+]CC2. The van der Waals surface area contributed by atoms with Crippen LogP contribution >= 0.6 is 0 Å². The zero-order valence-corrected chi connectivity index (χ0v) is 15.8. The maximum absolute atomic E-state index is 5.85. The predicted molar refractivity (Wildman–Crippen MR) is 102 cm³/mol. The molecule has 0 bridgehead atoms. The molecule has 1 atom stereocenters. The quantitative estimate of drug-likeness (QED) is 0.868. The van der Waals surface area contributed by atoms with Gasteiger partial charge in [-0.1, -0.05) is 38.1 Å². The van der Waals surface area contributed by atoms with Gasteiger partial charge in [0.1, 0.15) is 6.04 Å². The Bertz CT molecular complexity index is 707. The molecule has 1 aliphatic rings. The van der Waals surface area contributed by atoms with E-state index in [1.807, 2.05) is 13.8 Å². The van der Waals surface area contributed by atoms with Crippen LogP contribution in [0.4, 0.5) is 0 Å². The molecular formula is C22H30NO2+. The summed E-state index contributed by atoms with van der Waals surface area (Å²) in [6.07, 6.45) is 1.07. The van der Waals surface area contributed by atoms with E-state index in [1.165, 1.54) is 22.3 Å². The number of nitrogens with two attached hydrogens (primary N) is 1. The van der Waals surface area contributed by atoms with Gasteiger partial charge in [-0.15, -0.1) is 0 Å². The molecule has 0 spiro atoms. The molecular weight excluding hydrogens is 310 g/mol. The molecule has 0 saturated heterocycles. The van der Waals surface area contributed by atoms with Gasteiger partial charge in [-0.25, -0.2) is 0 Å². The van der Waals surface area contributed by atoms with Gasteiger partial charge in [0, 0.05) is 17.5 Å². The largest absolute Gasteiger partial charge is 0.490 e. The predicted octanol–water partition coefficient (Wildman–Crippen LogP) is 3.82. The monoisotopic (exact) mass is 340 g/mol. The Morgan fingerprint density at radius 3 is 2.24 bits per heavy atom. The molecule has 0 radical (unpaired) electrons. The maximum Gasteiger partial charge on any atom is 0.161 e. The van der Waals surface area contributed by atoms with Gasteiger partial charge in [0.15, 0.2) is 11.5 Å². The van der Waals surface area contributed by atoms with Crippen LogP contribution in [0.25, 0.3) is 0 Å². The highest BCUT2D eigenvalue weighted by Gasteiger charge is 2.27. The van der Waals surface area contributed by atoms with Crippen LogP contribution in [0.2, 0.25) is 0 Å². The number of benzene rings is 2. The number of rotatable bonds is 6. The summed E-state index contributed by atoms with van der Waals surface area (Å²) >= 11 is 0. The lowest BCUT2D eigenvalue weighted by Crippen LogP contribution is -2.87. The van der Waals surface area contributed by atoms with Crippen molar-refractivity contribution in [3.8, 4) is 11.5 Å². The average Bonchev–Trinajstić information content (AvgIpc) is 2.62. The summed E-state index contributed by atoms with van der Waals surface area (Å²) in [6, 6.07) is 13.8. The zero-order valence-electron chi connectivity index (χ0n) is 15.8. The molecule has 0 aliphatic carbocycles. The van der Waals surface area contributed by atoms with Gasteiger partial charge in [-0.05, 0) is 43.0 Å². The molecule has 134 valence electrons. The average molecular weight is 340 g/mol. The summed E-state index contributed by atoms with van der Waals surface area (Å²) < 4.78 is 11.7. The molecule has 1 heterocycles. The van der Waals surface area contributed by atoms with E-state index in [4.69, 9.17) is 9.47 Å². The van der Waals surface area contributed by atoms with Crippen molar-refractivity contribution in [3.05, 3.63) is 58.7 Å².